The van der Waals surface area contributed by atoms with Gasteiger partial charge in [0.05, 0.1) is 23.3 Å². The van der Waals surface area contributed by atoms with Gasteiger partial charge in [0.15, 0.2) is 0 Å². The molecule has 2 aliphatic rings. The number of fused-ring (bicyclic) bond motifs is 7. The number of aromatic nitrogens is 1. The Bertz CT molecular complexity index is 1520. The molecule has 0 bridgehead atoms. The van der Waals surface area contributed by atoms with Crippen LogP contribution in [-0.2, 0) is 17.6 Å². The van der Waals surface area contributed by atoms with Crippen LogP contribution in [0.1, 0.15) is 46.8 Å². The van der Waals surface area contributed by atoms with E-state index in [1.54, 1.807) is 13.0 Å². The van der Waals surface area contributed by atoms with Crippen LogP contribution in [0.15, 0.2) is 36.4 Å². The van der Waals surface area contributed by atoms with Crippen molar-refractivity contribution in [2.45, 2.75) is 32.6 Å². The molecule has 0 spiro atoms. The lowest BCUT2D eigenvalue weighted by atomic mass is 9.79. The molecule has 4 aromatic rings. The van der Waals surface area contributed by atoms with Crippen LogP contribution < -0.4 is 4.90 Å². The maximum absolute atomic E-state index is 14.2. The fourth-order valence-electron chi connectivity index (χ4n) is 5.71. The molecule has 1 fully saturated rings. The highest BCUT2D eigenvalue weighted by Gasteiger charge is 2.31. The maximum Gasteiger partial charge on any atom is 0.340 e. The summed E-state index contributed by atoms with van der Waals surface area (Å²) in [5, 5.41) is 11.4. The summed E-state index contributed by atoms with van der Waals surface area (Å²) < 4.78 is 19.6. The van der Waals surface area contributed by atoms with E-state index in [2.05, 4.69) is 34.2 Å². The van der Waals surface area contributed by atoms with Gasteiger partial charge in [-0.3, -0.25) is 0 Å². The van der Waals surface area contributed by atoms with Gasteiger partial charge in [0.2, 0.25) is 0 Å². The molecule has 1 aliphatic heterocycles. The van der Waals surface area contributed by atoms with E-state index in [9.17, 15) is 14.4 Å². The van der Waals surface area contributed by atoms with E-state index < -0.39 is 5.97 Å². The molecule has 1 aromatic heterocycles. The summed E-state index contributed by atoms with van der Waals surface area (Å²) in [5.41, 5.74) is 7.16. The number of aromatic amines is 1. The first-order chi connectivity index (χ1) is 16.6. The van der Waals surface area contributed by atoms with E-state index in [-0.39, 0.29) is 23.6 Å². The van der Waals surface area contributed by atoms with Crippen LogP contribution in [0.25, 0.3) is 32.9 Å². The van der Waals surface area contributed by atoms with Crippen molar-refractivity contribution in [1.82, 2.24) is 4.98 Å². The van der Waals surface area contributed by atoms with Crippen LogP contribution in [-0.4, -0.2) is 30.6 Å². The topological polar surface area (TPSA) is 69.1 Å². The Labute approximate surface area is 196 Å². The predicted octanol–water partition coefficient (Wildman–Crippen LogP) is 5.87. The van der Waals surface area contributed by atoms with Gasteiger partial charge >= 0.3 is 5.97 Å². The molecule has 6 heteroatoms. The summed E-state index contributed by atoms with van der Waals surface area (Å²) in [4.78, 5) is 19.1. The maximum atomic E-state index is 14.2. The number of hydrogen-bond donors (Lipinski definition) is 1. The number of halogens is 1. The molecular weight excluding hydrogens is 429 g/mol. The van der Waals surface area contributed by atoms with Gasteiger partial charge in [-0.15, -0.1) is 0 Å². The number of hydrogen-bond acceptors (Lipinski definition) is 4. The first-order valence-corrected chi connectivity index (χ1v) is 11.9. The number of rotatable bonds is 3. The van der Waals surface area contributed by atoms with Crippen LogP contribution in [0.2, 0.25) is 0 Å². The standard InChI is InChI=1S/C28H24FN3O2/c1-2-34-28(33)26-22(15-30)25-21-14-17(29)6-10-23(21)31-27(25)20-8-5-16-13-18(32-11-3-4-12-32)7-9-19(16)24(20)26/h6-7,9-10,13-14,31H,2-5,8,11-12H2,1H3. The normalized spacial score (nSPS) is 14.8. The molecule has 3 aromatic carbocycles. The molecule has 0 saturated carbocycles. The van der Waals surface area contributed by atoms with Gasteiger partial charge in [-0.2, -0.15) is 5.26 Å². The number of benzene rings is 3. The zero-order valence-electron chi connectivity index (χ0n) is 19.0. The minimum Gasteiger partial charge on any atom is -0.462 e. The van der Waals surface area contributed by atoms with Crippen molar-refractivity contribution in [1.29, 1.82) is 5.26 Å². The number of H-pyrrole nitrogens is 1. The van der Waals surface area contributed by atoms with Gasteiger partial charge in [0.1, 0.15) is 11.9 Å². The lowest BCUT2D eigenvalue weighted by Crippen LogP contribution is -2.19. The Morgan fingerprint density at radius 1 is 1.18 bits per heavy atom. The van der Waals surface area contributed by atoms with E-state index >= 15 is 0 Å². The summed E-state index contributed by atoms with van der Waals surface area (Å²) in [6.45, 7) is 4.09. The van der Waals surface area contributed by atoms with Gasteiger partial charge in [-0.25, -0.2) is 9.18 Å². The van der Waals surface area contributed by atoms with E-state index in [0.717, 1.165) is 53.7 Å². The zero-order valence-corrected chi connectivity index (χ0v) is 19.0. The van der Waals surface area contributed by atoms with E-state index in [4.69, 9.17) is 4.74 Å². The SMILES string of the molecule is CCOC(=O)c1c2c(c3[nH]c4ccc(F)cc4c3c1C#N)CCc1cc(N3CCCC3)ccc1-2. The van der Waals surface area contributed by atoms with Crippen molar-refractivity contribution in [3.8, 4) is 17.2 Å². The fraction of sp³-hybridized carbons (Fsp3) is 0.286. The summed E-state index contributed by atoms with van der Waals surface area (Å²) in [6, 6.07) is 13.2. The van der Waals surface area contributed by atoms with Crippen molar-refractivity contribution < 1.29 is 13.9 Å². The molecule has 0 amide bonds. The molecule has 0 unspecified atom stereocenters. The zero-order chi connectivity index (χ0) is 23.4. The van der Waals surface area contributed by atoms with Crippen LogP contribution in [0.4, 0.5) is 10.1 Å². The highest BCUT2D eigenvalue weighted by atomic mass is 19.1. The van der Waals surface area contributed by atoms with Crippen molar-refractivity contribution in [3.63, 3.8) is 0 Å². The number of esters is 1. The van der Waals surface area contributed by atoms with Gasteiger partial charge in [-0.05, 0) is 79.6 Å². The van der Waals surface area contributed by atoms with Crippen molar-refractivity contribution >= 4 is 33.5 Å². The second-order valence-electron chi connectivity index (χ2n) is 9.04. The Morgan fingerprint density at radius 3 is 2.76 bits per heavy atom. The fourth-order valence-corrected chi connectivity index (χ4v) is 5.71. The molecule has 5 nitrogen and oxygen atoms in total. The summed E-state index contributed by atoms with van der Waals surface area (Å²) in [6.07, 6.45) is 3.96. The third-order valence-electron chi connectivity index (χ3n) is 7.18. The summed E-state index contributed by atoms with van der Waals surface area (Å²) >= 11 is 0. The molecular formula is C28H24FN3O2. The largest absolute Gasteiger partial charge is 0.462 e. The van der Waals surface area contributed by atoms with Crippen molar-refractivity contribution in [2.24, 2.45) is 0 Å². The lowest BCUT2D eigenvalue weighted by Gasteiger charge is -2.26. The number of nitriles is 1. The van der Waals surface area contributed by atoms with Crippen LogP contribution in [0, 0.1) is 17.1 Å². The molecule has 1 aliphatic carbocycles. The van der Waals surface area contributed by atoms with E-state index in [1.807, 2.05) is 0 Å². The molecule has 0 radical (unpaired) electrons. The van der Waals surface area contributed by atoms with Crippen LogP contribution in [0.3, 0.4) is 0 Å². The number of nitrogens with one attached hydrogen (secondary N) is 1. The Kier molecular flexibility index (Phi) is 4.80. The summed E-state index contributed by atoms with van der Waals surface area (Å²) in [5.74, 6) is -0.896. The van der Waals surface area contributed by atoms with Gasteiger partial charge in [0.25, 0.3) is 0 Å². The number of carbonyl (C=O) groups excluding carboxylic acids is 1. The Morgan fingerprint density at radius 2 is 2.00 bits per heavy atom. The molecule has 1 N–H and O–H groups in total. The molecule has 6 rings (SSSR count). The molecule has 34 heavy (non-hydrogen) atoms. The monoisotopic (exact) mass is 453 g/mol. The van der Waals surface area contributed by atoms with E-state index in [1.165, 1.54) is 36.2 Å². The van der Waals surface area contributed by atoms with E-state index in [0.29, 0.717) is 10.8 Å². The molecule has 1 saturated heterocycles. The average molecular weight is 454 g/mol. The number of nitrogens with zero attached hydrogens (tertiary/aromatic N) is 2. The number of carbonyl (C=O) groups is 1. The summed E-state index contributed by atoms with van der Waals surface area (Å²) in [7, 11) is 0. The van der Waals surface area contributed by atoms with Gasteiger partial charge < -0.3 is 14.6 Å². The third kappa shape index (κ3) is 3.00. The molecule has 2 heterocycles. The van der Waals surface area contributed by atoms with Crippen molar-refractivity contribution in [2.75, 3.05) is 24.6 Å². The predicted molar refractivity (Wildman–Crippen MR) is 131 cm³/mol. The second-order valence-corrected chi connectivity index (χ2v) is 9.04. The Balaban J connectivity index is 1.68. The van der Waals surface area contributed by atoms with Gasteiger partial charge in [-0.1, -0.05) is 6.07 Å². The first kappa shape index (κ1) is 20.7. The molecule has 0 atom stereocenters. The lowest BCUT2D eigenvalue weighted by molar-refractivity contribution is 0.0527. The number of aryl methyl sites for hydroxylation is 2. The first-order valence-electron chi connectivity index (χ1n) is 11.9. The minimum atomic E-state index is -0.514. The minimum absolute atomic E-state index is 0.208. The molecule has 170 valence electrons. The second kappa shape index (κ2) is 7.88. The Hall–Kier alpha value is -3.85. The van der Waals surface area contributed by atoms with Gasteiger partial charge in [0, 0.05) is 40.6 Å². The van der Waals surface area contributed by atoms with Crippen LogP contribution >= 0.6 is 0 Å². The highest BCUT2D eigenvalue weighted by molar-refractivity contribution is 6.18. The van der Waals surface area contributed by atoms with Crippen molar-refractivity contribution in [3.05, 3.63) is 64.5 Å². The quantitative estimate of drug-likeness (QED) is 0.394. The number of anilines is 1. The smallest absolute Gasteiger partial charge is 0.340 e. The highest BCUT2D eigenvalue weighted by Crippen LogP contribution is 2.45. The number of ether oxygens (including phenoxy) is 1. The van der Waals surface area contributed by atoms with Crippen LogP contribution in [0.5, 0.6) is 0 Å². The third-order valence-corrected chi connectivity index (χ3v) is 7.18. The average Bonchev–Trinajstić information content (AvgIpc) is 3.51.